The molecule has 0 spiro atoms. The zero-order chi connectivity index (χ0) is 47.9. The van der Waals surface area contributed by atoms with Gasteiger partial charge in [0.15, 0.2) is 0 Å². The highest BCUT2D eigenvalue weighted by atomic mass is 32.1. The fourth-order valence-corrected chi connectivity index (χ4v) is 10.8. The largest absolute Gasteiger partial charge is 0.464 e. The summed E-state index contributed by atoms with van der Waals surface area (Å²) in [4.78, 5) is 85.0. The van der Waals surface area contributed by atoms with Gasteiger partial charge in [-0.2, -0.15) is 0 Å². The van der Waals surface area contributed by atoms with Crippen molar-refractivity contribution in [2.75, 3.05) is 54.0 Å². The quantitative estimate of drug-likeness (QED) is 0.156. The zero-order valence-corrected chi connectivity index (χ0v) is 41.1. The van der Waals surface area contributed by atoms with Crippen LogP contribution in [0.25, 0.3) is 33.4 Å². The number of cyclic esters (lactones) is 1. The molecule has 360 valence electrons. The van der Waals surface area contributed by atoms with E-state index in [1.807, 2.05) is 32.2 Å². The van der Waals surface area contributed by atoms with Crippen LogP contribution in [0.15, 0.2) is 41.9 Å². The molecule has 6 bridgehead atoms. The maximum absolute atomic E-state index is 14.7. The van der Waals surface area contributed by atoms with Crippen LogP contribution in [-0.2, 0) is 48.5 Å². The third-order valence-electron chi connectivity index (χ3n) is 13.9. The number of benzene rings is 1. The van der Waals surface area contributed by atoms with E-state index in [1.165, 1.54) is 21.2 Å². The number of hydrazine groups is 1. The molecule has 18 heteroatoms. The normalized spacial score (nSPS) is 23.0. The van der Waals surface area contributed by atoms with Crippen LogP contribution in [0.5, 0.6) is 0 Å². The highest BCUT2D eigenvalue weighted by Gasteiger charge is 2.41. The second-order valence-corrected chi connectivity index (χ2v) is 20.8. The number of methoxy groups -OCH3 is 1. The first-order valence-electron chi connectivity index (χ1n) is 23.6. The molecule has 0 radical (unpaired) electrons. The van der Waals surface area contributed by atoms with Crippen molar-refractivity contribution < 1.29 is 33.4 Å². The van der Waals surface area contributed by atoms with Crippen LogP contribution in [0.3, 0.4) is 0 Å². The Bertz CT molecular complexity index is 2520. The number of amides is 5. The Balaban J connectivity index is 1.12. The lowest BCUT2D eigenvalue weighted by molar-refractivity contribution is -0.155. The predicted octanol–water partition coefficient (Wildman–Crippen LogP) is 4.69. The lowest BCUT2D eigenvalue weighted by Crippen LogP contribution is -2.63. The Morgan fingerprint density at radius 1 is 1.07 bits per heavy atom. The summed E-state index contributed by atoms with van der Waals surface area (Å²) in [6.07, 6.45) is 4.69. The second-order valence-electron chi connectivity index (χ2n) is 19.8. The Kier molecular flexibility index (Phi) is 14.1. The minimum absolute atomic E-state index is 0.0215. The Morgan fingerprint density at radius 2 is 1.84 bits per heavy atom. The topological polar surface area (TPSA) is 193 Å². The molecule has 0 saturated carbocycles. The number of nitrogens with zero attached hydrogens (tertiary/aromatic N) is 7. The van der Waals surface area contributed by atoms with E-state index in [-0.39, 0.29) is 49.1 Å². The molecule has 7 heterocycles. The Labute approximate surface area is 396 Å². The summed E-state index contributed by atoms with van der Waals surface area (Å²) < 4.78 is 14.1. The van der Waals surface area contributed by atoms with Gasteiger partial charge in [0.25, 0.3) is 5.91 Å². The van der Waals surface area contributed by atoms with Gasteiger partial charge in [0.2, 0.25) is 11.8 Å². The van der Waals surface area contributed by atoms with Crippen molar-refractivity contribution in [1.82, 2.24) is 50.3 Å². The molecule has 3 N–H and O–H groups in total. The predicted molar refractivity (Wildman–Crippen MR) is 256 cm³/mol. The Hall–Kier alpha value is -5.43. The van der Waals surface area contributed by atoms with Gasteiger partial charge in [-0.15, -0.1) is 11.3 Å². The van der Waals surface area contributed by atoms with Crippen LogP contribution in [0.2, 0.25) is 0 Å². The van der Waals surface area contributed by atoms with Crippen LogP contribution in [-0.4, -0.2) is 148 Å². The molecule has 1 aromatic carbocycles. The van der Waals surface area contributed by atoms with Crippen molar-refractivity contribution in [3.8, 4) is 22.5 Å². The van der Waals surface area contributed by atoms with Crippen LogP contribution in [0, 0.1) is 11.3 Å². The standard InChI is InChI=1S/C49H66N10O7S/c1-28(2)42(57(8)48(64)58-19-11-13-31(25-58)55(6)45(61)37-24-51-37)44(60)53-36-22-40-52-38(26-67-40)30-16-17-39-33(21-30)34(43(56(39)7)32-14-10-18-50-41(32)29(3)65-9)23-49(4,5)27-66-47(63)35-15-12-20-59(54-35)46(36)62/h10,14,16-18,21,26,28-29,31,35-37,42,51,54H,11-13,15,19-20,22-25,27H2,1-9H3,(H,53,60)/t29-,31+,35-,36-,37+,42-/m0/s1. The smallest absolute Gasteiger partial charge is 0.324 e. The minimum atomic E-state index is -1.08. The number of aromatic nitrogens is 3. The van der Waals surface area contributed by atoms with Crippen molar-refractivity contribution in [1.29, 1.82) is 0 Å². The van der Waals surface area contributed by atoms with Gasteiger partial charge in [0.05, 0.1) is 40.8 Å². The van der Waals surface area contributed by atoms with Gasteiger partial charge in [-0.05, 0) is 74.8 Å². The van der Waals surface area contributed by atoms with Crippen LogP contribution < -0.4 is 16.1 Å². The van der Waals surface area contributed by atoms with E-state index in [4.69, 9.17) is 19.4 Å². The number of likely N-dealkylation sites (N-methyl/N-ethyl adjacent to an activating group) is 2. The molecule has 3 saturated heterocycles. The summed E-state index contributed by atoms with van der Waals surface area (Å²) in [5.74, 6) is -1.65. The van der Waals surface area contributed by atoms with Crippen molar-refractivity contribution in [2.24, 2.45) is 18.4 Å². The monoisotopic (exact) mass is 938 g/mol. The van der Waals surface area contributed by atoms with E-state index in [2.05, 4.69) is 65.8 Å². The number of piperidine rings is 1. The van der Waals surface area contributed by atoms with E-state index < -0.39 is 41.3 Å². The number of urea groups is 1. The number of esters is 1. The lowest BCUT2D eigenvalue weighted by atomic mass is 9.84. The van der Waals surface area contributed by atoms with Crippen molar-refractivity contribution in [3.05, 3.63) is 58.2 Å². The molecule has 0 aliphatic carbocycles. The summed E-state index contributed by atoms with van der Waals surface area (Å²) in [5, 5.41) is 11.2. The van der Waals surface area contributed by atoms with Crippen LogP contribution in [0.1, 0.15) is 82.7 Å². The SMILES string of the molecule is CO[C@@H](C)c1ncccc1-c1c2c3cc(ccc3n1C)-c1csc(n1)C[C@H](NC(=O)[C@H](C(C)C)N(C)C(=O)N1CCC[C@@H](N(C)C(=O)[C@H]3CN3)C1)C(=O)N1CCC[C@H](N1)C(=O)OCC(C)(C)C2. The third kappa shape index (κ3) is 10.1. The van der Waals surface area contributed by atoms with Gasteiger partial charge in [0, 0.05) is 106 Å². The number of aryl methyl sites for hydroxylation is 1. The van der Waals surface area contributed by atoms with Gasteiger partial charge in [-0.1, -0.05) is 33.8 Å². The van der Waals surface area contributed by atoms with Gasteiger partial charge in [-0.25, -0.2) is 15.2 Å². The van der Waals surface area contributed by atoms with Gasteiger partial charge < -0.3 is 39.4 Å². The van der Waals surface area contributed by atoms with E-state index in [1.54, 1.807) is 37.2 Å². The maximum atomic E-state index is 14.7. The zero-order valence-electron chi connectivity index (χ0n) is 40.3. The first-order valence-corrected chi connectivity index (χ1v) is 24.4. The van der Waals surface area contributed by atoms with Crippen molar-refractivity contribution in [3.63, 3.8) is 0 Å². The number of nitrogens with one attached hydrogen (secondary N) is 3. The van der Waals surface area contributed by atoms with E-state index in [9.17, 15) is 24.0 Å². The molecule has 8 rings (SSSR count). The minimum Gasteiger partial charge on any atom is -0.464 e. The molecule has 4 aliphatic rings. The molecule has 3 fully saturated rings. The Morgan fingerprint density at radius 3 is 2.57 bits per heavy atom. The number of carbonyl (C=O) groups is 5. The van der Waals surface area contributed by atoms with Gasteiger partial charge >= 0.3 is 12.0 Å². The van der Waals surface area contributed by atoms with E-state index in [0.717, 1.165) is 57.5 Å². The van der Waals surface area contributed by atoms with Gasteiger partial charge in [0.1, 0.15) is 18.1 Å². The van der Waals surface area contributed by atoms with E-state index >= 15 is 0 Å². The van der Waals surface area contributed by atoms with Crippen LogP contribution in [0.4, 0.5) is 4.79 Å². The summed E-state index contributed by atoms with van der Waals surface area (Å²) in [5.41, 5.74) is 9.16. The summed E-state index contributed by atoms with van der Waals surface area (Å²) >= 11 is 1.41. The second kappa shape index (κ2) is 19.7. The number of fused-ring (bicyclic) bond motifs is 6. The molecular weight excluding hydrogens is 873 g/mol. The number of pyridine rings is 1. The molecule has 17 nitrogen and oxygen atoms in total. The summed E-state index contributed by atoms with van der Waals surface area (Å²) in [6.45, 7) is 11.9. The molecule has 67 heavy (non-hydrogen) atoms. The summed E-state index contributed by atoms with van der Waals surface area (Å²) in [6, 6.07) is 6.91. The first-order chi connectivity index (χ1) is 32.0. The number of thiazole rings is 1. The molecule has 5 amide bonds. The number of hydrogen-bond donors (Lipinski definition) is 3. The number of hydrogen-bond acceptors (Lipinski definition) is 12. The molecule has 4 aromatic rings. The molecule has 0 unspecified atom stereocenters. The van der Waals surface area contributed by atoms with Gasteiger partial charge in [-0.3, -0.25) is 29.2 Å². The van der Waals surface area contributed by atoms with Crippen molar-refractivity contribution >= 4 is 52.0 Å². The first kappa shape index (κ1) is 48.0. The molecular formula is C49H66N10O7S. The molecule has 6 atom stereocenters. The third-order valence-corrected chi connectivity index (χ3v) is 14.7. The fourth-order valence-electron chi connectivity index (χ4n) is 10.00. The lowest BCUT2D eigenvalue weighted by Gasteiger charge is -2.41. The average molecular weight is 939 g/mol. The number of likely N-dealkylation sites (tertiary alicyclic amines) is 1. The highest BCUT2D eigenvalue weighted by molar-refractivity contribution is 7.10. The molecule has 4 aliphatic heterocycles. The number of ether oxygens (including phenoxy) is 2. The number of carbonyl (C=O) groups excluding carboxylic acids is 5. The summed E-state index contributed by atoms with van der Waals surface area (Å²) in [7, 11) is 7.14. The highest BCUT2D eigenvalue weighted by Crippen LogP contribution is 2.41. The van der Waals surface area contributed by atoms with Crippen molar-refractivity contribution in [2.45, 2.75) is 109 Å². The fraction of sp³-hybridized carbons (Fsp3) is 0.571. The number of rotatable bonds is 9. The molecule has 3 aromatic heterocycles. The van der Waals surface area contributed by atoms with E-state index in [0.29, 0.717) is 50.4 Å². The maximum Gasteiger partial charge on any atom is 0.324 e. The average Bonchev–Trinajstić information content (AvgIpc) is 4.02. The van der Waals surface area contributed by atoms with Crippen LogP contribution >= 0.6 is 11.3 Å².